The van der Waals surface area contributed by atoms with Crippen molar-refractivity contribution in [1.29, 1.82) is 0 Å². The predicted molar refractivity (Wildman–Crippen MR) is 96.4 cm³/mol. The average molecular weight is 324 g/mol. The van der Waals surface area contributed by atoms with Crippen molar-refractivity contribution in [2.75, 3.05) is 25.6 Å². The second kappa shape index (κ2) is 7.05. The zero-order chi connectivity index (χ0) is 17.1. The summed E-state index contributed by atoms with van der Waals surface area (Å²) in [6, 6.07) is 16.0. The van der Waals surface area contributed by atoms with Gasteiger partial charge in [0.05, 0.1) is 13.2 Å². The number of hydrogen-bond donors (Lipinski definition) is 0. The molecule has 0 fully saturated rings. The topological polar surface area (TPSA) is 32.8 Å². The summed E-state index contributed by atoms with van der Waals surface area (Å²) in [7, 11) is 3.66. The number of amides is 1. The second-order valence-electron chi connectivity index (χ2n) is 6.31. The fourth-order valence-electron chi connectivity index (χ4n) is 3.18. The highest BCUT2D eigenvalue weighted by Gasteiger charge is 2.29. The Hall–Kier alpha value is -2.33. The van der Waals surface area contributed by atoms with Crippen LogP contribution >= 0.6 is 0 Å². The molecule has 2 aromatic rings. The van der Waals surface area contributed by atoms with Crippen LogP contribution in [0.4, 0.5) is 5.69 Å². The van der Waals surface area contributed by atoms with Gasteiger partial charge in [-0.05, 0) is 49.7 Å². The van der Waals surface area contributed by atoms with Crippen molar-refractivity contribution in [3.63, 3.8) is 0 Å². The van der Waals surface area contributed by atoms with Crippen molar-refractivity contribution in [1.82, 2.24) is 4.90 Å². The molecule has 0 radical (unpaired) electrons. The molecule has 0 aliphatic carbocycles. The molecule has 0 aromatic heterocycles. The van der Waals surface area contributed by atoms with E-state index >= 15 is 0 Å². The van der Waals surface area contributed by atoms with Gasteiger partial charge in [0, 0.05) is 18.8 Å². The van der Waals surface area contributed by atoms with E-state index in [2.05, 4.69) is 17.0 Å². The van der Waals surface area contributed by atoms with Gasteiger partial charge in [-0.25, -0.2) is 0 Å². The number of likely N-dealkylation sites (N-methyl/N-ethyl adjacent to an activating group) is 1. The van der Waals surface area contributed by atoms with E-state index in [1.165, 1.54) is 5.56 Å². The van der Waals surface area contributed by atoms with Gasteiger partial charge in [0.2, 0.25) is 5.91 Å². The van der Waals surface area contributed by atoms with E-state index in [0.29, 0.717) is 6.54 Å². The zero-order valence-electron chi connectivity index (χ0n) is 14.5. The summed E-state index contributed by atoms with van der Waals surface area (Å²) in [6.45, 7) is 3.46. The molecule has 0 spiro atoms. The first-order valence-corrected chi connectivity index (χ1v) is 8.32. The molecule has 1 heterocycles. The van der Waals surface area contributed by atoms with Crippen LogP contribution < -0.4 is 9.64 Å². The summed E-state index contributed by atoms with van der Waals surface area (Å²) >= 11 is 0. The standard InChI is InChI=1S/C20H24N2O2/c1-15(21(2)14-16-7-6-9-18(13-16)24-3)20(23)22-12-11-17-8-4-5-10-19(17)22/h4-10,13,15H,11-12,14H2,1-3H3. The van der Waals surface area contributed by atoms with Crippen LogP contribution in [-0.2, 0) is 17.8 Å². The Bertz CT molecular complexity index is 729. The lowest BCUT2D eigenvalue weighted by Gasteiger charge is -2.28. The Morgan fingerprint density at radius 1 is 1.25 bits per heavy atom. The molecule has 4 heteroatoms. The van der Waals surface area contributed by atoms with Crippen LogP contribution in [0.3, 0.4) is 0 Å². The van der Waals surface area contributed by atoms with E-state index in [1.807, 2.05) is 55.3 Å². The van der Waals surface area contributed by atoms with Crippen molar-refractivity contribution in [2.24, 2.45) is 0 Å². The summed E-state index contributed by atoms with van der Waals surface area (Å²) in [4.78, 5) is 16.9. The first kappa shape index (κ1) is 16.5. The van der Waals surface area contributed by atoms with Crippen LogP contribution in [0.25, 0.3) is 0 Å². The molecule has 1 atom stereocenters. The summed E-state index contributed by atoms with van der Waals surface area (Å²) in [5, 5.41) is 0. The summed E-state index contributed by atoms with van der Waals surface area (Å²) in [5.74, 6) is 0.999. The number of ether oxygens (including phenoxy) is 1. The first-order valence-electron chi connectivity index (χ1n) is 8.32. The van der Waals surface area contributed by atoms with Crippen LogP contribution in [0.1, 0.15) is 18.1 Å². The largest absolute Gasteiger partial charge is 0.497 e. The SMILES string of the molecule is COc1cccc(CN(C)C(C)C(=O)N2CCc3ccccc32)c1. The quantitative estimate of drug-likeness (QED) is 0.847. The molecule has 0 saturated carbocycles. The lowest BCUT2D eigenvalue weighted by Crippen LogP contribution is -2.45. The molecule has 0 N–H and O–H groups in total. The minimum absolute atomic E-state index is 0.158. The maximum atomic E-state index is 12.9. The highest BCUT2D eigenvalue weighted by Crippen LogP contribution is 2.28. The number of methoxy groups -OCH3 is 1. The molecule has 3 rings (SSSR count). The van der Waals surface area contributed by atoms with Gasteiger partial charge >= 0.3 is 0 Å². The molecule has 1 aliphatic rings. The Kier molecular flexibility index (Phi) is 4.86. The number of anilines is 1. The van der Waals surface area contributed by atoms with Gasteiger partial charge in [-0.1, -0.05) is 30.3 Å². The van der Waals surface area contributed by atoms with E-state index in [9.17, 15) is 4.79 Å². The molecule has 1 unspecified atom stereocenters. The number of para-hydroxylation sites is 1. The average Bonchev–Trinajstić information content (AvgIpc) is 3.04. The normalized spacial score (nSPS) is 14.6. The number of carbonyl (C=O) groups excluding carboxylic acids is 1. The minimum atomic E-state index is -0.178. The molecular weight excluding hydrogens is 300 g/mol. The van der Waals surface area contributed by atoms with Crippen molar-refractivity contribution in [3.8, 4) is 5.75 Å². The van der Waals surface area contributed by atoms with Gasteiger partial charge in [-0.15, -0.1) is 0 Å². The molecule has 24 heavy (non-hydrogen) atoms. The summed E-state index contributed by atoms with van der Waals surface area (Å²) in [5.41, 5.74) is 3.45. The third kappa shape index (κ3) is 3.29. The zero-order valence-corrected chi connectivity index (χ0v) is 14.5. The first-order chi connectivity index (χ1) is 11.6. The van der Waals surface area contributed by atoms with Crippen LogP contribution in [0.5, 0.6) is 5.75 Å². The Morgan fingerprint density at radius 3 is 2.83 bits per heavy atom. The van der Waals surface area contributed by atoms with Crippen molar-refractivity contribution in [2.45, 2.75) is 25.9 Å². The fourth-order valence-corrected chi connectivity index (χ4v) is 3.18. The highest BCUT2D eigenvalue weighted by atomic mass is 16.5. The summed E-state index contributed by atoms with van der Waals surface area (Å²) in [6.07, 6.45) is 0.939. The van der Waals surface area contributed by atoms with Crippen LogP contribution in [0.15, 0.2) is 48.5 Å². The number of hydrogen-bond acceptors (Lipinski definition) is 3. The van der Waals surface area contributed by atoms with Gasteiger partial charge in [0.25, 0.3) is 0 Å². The maximum absolute atomic E-state index is 12.9. The Balaban J connectivity index is 1.69. The summed E-state index contributed by atoms with van der Waals surface area (Å²) < 4.78 is 5.27. The van der Waals surface area contributed by atoms with Crippen LogP contribution in [0, 0.1) is 0 Å². The molecule has 0 saturated heterocycles. The lowest BCUT2D eigenvalue weighted by molar-refractivity contribution is -0.122. The molecular formula is C20H24N2O2. The molecule has 4 nitrogen and oxygen atoms in total. The Labute approximate surface area is 143 Å². The van der Waals surface area contributed by atoms with Crippen LogP contribution in [-0.4, -0.2) is 37.6 Å². The molecule has 2 aromatic carbocycles. The smallest absolute Gasteiger partial charge is 0.244 e. The molecule has 126 valence electrons. The van der Waals surface area contributed by atoms with Crippen molar-refractivity contribution < 1.29 is 9.53 Å². The molecule has 1 amide bonds. The highest BCUT2D eigenvalue weighted by molar-refractivity contribution is 5.98. The fraction of sp³-hybridized carbons (Fsp3) is 0.350. The second-order valence-corrected chi connectivity index (χ2v) is 6.31. The number of fused-ring (bicyclic) bond motifs is 1. The monoisotopic (exact) mass is 324 g/mol. The number of nitrogens with zero attached hydrogens (tertiary/aromatic N) is 2. The molecule has 1 aliphatic heterocycles. The van der Waals surface area contributed by atoms with E-state index in [0.717, 1.165) is 30.0 Å². The van der Waals surface area contributed by atoms with Gasteiger partial charge in [0.15, 0.2) is 0 Å². The van der Waals surface area contributed by atoms with E-state index in [4.69, 9.17) is 4.74 Å². The van der Waals surface area contributed by atoms with Gasteiger partial charge in [-0.3, -0.25) is 9.69 Å². The van der Waals surface area contributed by atoms with E-state index in [-0.39, 0.29) is 11.9 Å². The van der Waals surface area contributed by atoms with Crippen LogP contribution in [0.2, 0.25) is 0 Å². The third-order valence-corrected chi connectivity index (χ3v) is 4.74. The van der Waals surface area contributed by atoms with E-state index in [1.54, 1.807) is 7.11 Å². The van der Waals surface area contributed by atoms with Gasteiger partial charge in [-0.2, -0.15) is 0 Å². The van der Waals surface area contributed by atoms with Crippen molar-refractivity contribution >= 4 is 11.6 Å². The number of carbonyl (C=O) groups is 1. The third-order valence-electron chi connectivity index (χ3n) is 4.74. The number of benzene rings is 2. The minimum Gasteiger partial charge on any atom is -0.497 e. The van der Waals surface area contributed by atoms with Gasteiger partial charge in [0.1, 0.15) is 5.75 Å². The maximum Gasteiger partial charge on any atom is 0.244 e. The number of rotatable bonds is 5. The van der Waals surface area contributed by atoms with E-state index < -0.39 is 0 Å². The Morgan fingerprint density at radius 2 is 2.04 bits per heavy atom. The predicted octanol–water partition coefficient (Wildman–Crippen LogP) is 3.10. The van der Waals surface area contributed by atoms with Crippen molar-refractivity contribution in [3.05, 3.63) is 59.7 Å². The van der Waals surface area contributed by atoms with Gasteiger partial charge < -0.3 is 9.64 Å². The lowest BCUT2D eigenvalue weighted by atomic mass is 10.1. The molecule has 0 bridgehead atoms.